The summed E-state index contributed by atoms with van der Waals surface area (Å²) in [7, 11) is 0. The zero-order valence-corrected chi connectivity index (χ0v) is 12.8. The van der Waals surface area contributed by atoms with Crippen molar-refractivity contribution in [3.63, 3.8) is 0 Å². The Balaban J connectivity index is 2.04. The van der Waals surface area contributed by atoms with Crippen molar-refractivity contribution in [3.8, 4) is 11.5 Å². The molecule has 2 rings (SSSR count). The van der Waals surface area contributed by atoms with E-state index in [0.717, 1.165) is 15.6 Å². The van der Waals surface area contributed by atoms with Crippen LogP contribution in [0.3, 0.4) is 0 Å². The van der Waals surface area contributed by atoms with Crippen LogP contribution in [-0.4, -0.2) is 23.4 Å². The smallest absolute Gasteiger partial charge is 0.257 e. The maximum Gasteiger partial charge on any atom is 0.257 e. The van der Waals surface area contributed by atoms with Crippen molar-refractivity contribution in [2.45, 2.75) is 19.4 Å². The van der Waals surface area contributed by atoms with Crippen LogP contribution in [-0.2, 0) is 4.74 Å². The van der Waals surface area contributed by atoms with Crippen LogP contribution >= 0.6 is 22.6 Å². The van der Waals surface area contributed by atoms with Gasteiger partial charge in [0.25, 0.3) is 5.89 Å². The van der Waals surface area contributed by atoms with Gasteiger partial charge in [-0.3, -0.25) is 0 Å². The quantitative estimate of drug-likeness (QED) is 0.623. The first kappa shape index (κ1) is 14.4. The highest BCUT2D eigenvalue weighted by Crippen LogP contribution is 2.20. The first-order chi connectivity index (χ1) is 9.20. The van der Waals surface area contributed by atoms with Crippen molar-refractivity contribution in [1.82, 2.24) is 10.1 Å². The number of rotatable bonds is 6. The minimum Gasteiger partial charge on any atom is -0.379 e. The van der Waals surface area contributed by atoms with Gasteiger partial charge in [0.15, 0.2) is 5.82 Å². The van der Waals surface area contributed by atoms with E-state index in [-0.39, 0.29) is 6.04 Å². The third-order valence-corrected chi connectivity index (χ3v) is 3.23. The minimum atomic E-state index is -0.354. The molecule has 1 atom stereocenters. The molecule has 0 amide bonds. The summed E-state index contributed by atoms with van der Waals surface area (Å²) >= 11 is 2.25. The Morgan fingerprint density at radius 1 is 1.37 bits per heavy atom. The first-order valence-corrected chi connectivity index (χ1v) is 7.21. The van der Waals surface area contributed by atoms with Crippen molar-refractivity contribution in [2.24, 2.45) is 5.73 Å². The third kappa shape index (κ3) is 3.99. The molecule has 0 aliphatic heterocycles. The lowest BCUT2D eigenvalue weighted by Crippen LogP contribution is -2.18. The lowest BCUT2D eigenvalue weighted by molar-refractivity contribution is 0.119. The van der Waals surface area contributed by atoms with Crippen molar-refractivity contribution in [3.05, 3.63) is 33.7 Å². The van der Waals surface area contributed by atoms with Crippen LogP contribution < -0.4 is 5.73 Å². The predicted molar refractivity (Wildman–Crippen MR) is 80.5 cm³/mol. The Morgan fingerprint density at radius 2 is 2.11 bits per heavy atom. The first-order valence-electron chi connectivity index (χ1n) is 6.13. The maximum atomic E-state index is 5.94. The van der Waals surface area contributed by atoms with E-state index in [0.29, 0.717) is 24.9 Å². The molecule has 19 heavy (non-hydrogen) atoms. The Labute approximate surface area is 125 Å². The molecule has 0 fully saturated rings. The number of aromatic nitrogens is 2. The van der Waals surface area contributed by atoms with E-state index in [2.05, 4.69) is 39.7 Å². The monoisotopic (exact) mass is 373 g/mol. The molecule has 0 spiro atoms. The molecule has 1 aromatic heterocycles. The molecule has 0 aliphatic carbocycles. The number of nitrogens with zero attached hydrogens (tertiary/aromatic N) is 2. The molecule has 5 nitrogen and oxygen atoms in total. The number of hydrogen-bond acceptors (Lipinski definition) is 5. The summed E-state index contributed by atoms with van der Waals surface area (Å²) in [5.74, 6) is 0.960. The lowest BCUT2D eigenvalue weighted by Gasteiger charge is -2.06. The molecule has 1 aromatic carbocycles. The van der Waals surface area contributed by atoms with Gasteiger partial charge in [0, 0.05) is 15.7 Å². The maximum absolute atomic E-state index is 5.94. The number of hydrogen-bond donors (Lipinski definition) is 1. The highest BCUT2D eigenvalue weighted by Gasteiger charge is 2.15. The fourth-order valence-electron chi connectivity index (χ4n) is 1.52. The SMILES string of the molecule is CCCOCC(N)c1noc(-c2ccc(I)cc2)n1. The molecule has 1 heterocycles. The van der Waals surface area contributed by atoms with Gasteiger partial charge in [0.2, 0.25) is 0 Å². The summed E-state index contributed by atoms with van der Waals surface area (Å²) in [6.07, 6.45) is 0.965. The summed E-state index contributed by atoms with van der Waals surface area (Å²) in [6.45, 7) is 3.14. The predicted octanol–water partition coefficient (Wildman–Crippen LogP) is 2.77. The van der Waals surface area contributed by atoms with Crippen LogP contribution in [0.25, 0.3) is 11.5 Å². The van der Waals surface area contributed by atoms with E-state index in [1.807, 2.05) is 24.3 Å². The molecule has 2 N–H and O–H groups in total. The number of halogens is 1. The Morgan fingerprint density at radius 3 is 2.79 bits per heavy atom. The number of ether oxygens (including phenoxy) is 1. The van der Waals surface area contributed by atoms with Crippen molar-refractivity contribution in [1.29, 1.82) is 0 Å². The average Bonchev–Trinajstić information content (AvgIpc) is 2.89. The standard InChI is InChI=1S/C13H16IN3O2/c1-2-7-18-8-11(15)12-16-13(19-17-12)9-3-5-10(14)6-4-9/h3-6,11H,2,7-8,15H2,1H3. The summed E-state index contributed by atoms with van der Waals surface area (Å²) in [5, 5.41) is 3.90. The second-order valence-corrected chi connectivity index (χ2v) is 5.39. The van der Waals surface area contributed by atoms with Gasteiger partial charge in [-0.05, 0) is 53.3 Å². The molecule has 1 unspecified atom stereocenters. The van der Waals surface area contributed by atoms with Crippen LogP contribution in [0.1, 0.15) is 25.2 Å². The topological polar surface area (TPSA) is 74.2 Å². The minimum absolute atomic E-state index is 0.354. The molecular formula is C13H16IN3O2. The molecular weight excluding hydrogens is 357 g/mol. The molecule has 0 saturated carbocycles. The Hall–Kier alpha value is -0.990. The largest absolute Gasteiger partial charge is 0.379 e. The summed E-state index contributed by atoms with van der Waals surface area (Å²) in [5.41, 5.74) is 6.83. The fraction of sp³-hybridized carbons (Fsp3) is 0.385. The molecule has 6 heteroatoms. The van der Waals surface area contributed by atoms with Gasteiger partial charge in [-0.1, -0.05) is 12.1 Å². The van der Waals surface area contributed by atoms with E-state index in [1.54, 1.807) is 0 Å². The van der Waals surface area contributed by atoms with Gasteiger partial charge < -0.3 is 15.0 Å². The van der Waals surface area contributed by atoms with E-state index >= 15 is 0 Å². The molecule has 2 aromatic rings. The molecule has 0 aliphatic rings. The number of nitrogens with two attached hydrogens (primary N) is 1. The summed E-state index contributed by atoms with van der Waals surface area (Å²) < 4.78 is 11.8. The zero-order chi connectivity index (χ0) is 13.7. The van der Waals surface area contributed by atoms with E-state index < -0.39 is 0 Å². The second kappa shape index (κ2) is 6.97. The third-order valence-electron chi connectivity index (χ3n) is 2.51. The van der Waals surface area contributed by atoms with Gasteiger partial charge in [0.1, 0.15) is 0 Å². The highest BCUT2D eigenvalue weighted by atomic mass is 127. The van der Waals surface area contributed by atoms with E-state index in [9.17, 15) is 0 Å². The van der Waals surface area contributed by atoms with Crippen molar-refractivity contribution in [2.75, 3.05) is 13.2 Å². The highest BCUT2D eigenvalue weighted by molar-refractivity contribution is 14.1. The summed E-state index contributed by atoms with van der Waals surface area (Å²) in [4.78, 5) is 4.30. The van der Waals surface area contributed by atoms with Crippen LogP contribution in [0.5, 0.6) is 0 Å². The van der Waals surface area contributed by atoms with Gasteiger partial charge in [-0.2, -0.15) is 4.98 Å². The molecule has 0 radical (unpaired) electrons. The van der Waals surface area contributed by atoms with Crippen molar-refractivity contribution >= 4 is 22.6 Å². The van der Waals surface area contributed by atoms with E-state index in [1.165, 1.54) is 0 Å². The fourth-order valence-corrected chi connectivity index (χ4v) is 1.88. The lowest BCUT2D eigenvalue weighted by atomic mass is 10.2. The Bertz CT molecular complexity index is 513. The molecule has 0 bridgehead atoms. The van der Waals surface area contributed by atoms with Gasteiger partial charge in [0.05, 0.1) is 12.6 Å². The van der Waals surface area contributed by atoms with Crippen LogP contribution in [0.4, 0.5) is 0 Å². The summed E-state index contributed by atoms with van der Waals surface area (Å²) in [6, 6.07) is 7.51. The second-order valence-electron chi connectivity index (χ2n) is 4.15. The zero-order valence-electron chi connectivity index (χ0n) is 10.7. The van der Waals surface area contributed by atoms with Gasteiger partial charge in [-0.25, -0.2) is 0 Å². The van der Waals surface area contributed by atoms with Crippen LogP contribution in [0.2, 0.25) is 0 Å². The van der Waals surface area contributed by atoms with Gasteiger partial charge >= 0.3 is 0 Å². The number of benzene rings is 1. The van der Waals surface area contributed by atoms with Crippen molar-refractivity contribution < 1.29 is 9.26 Å². The normalized spacial score (nSPS) is 12.6. The average molecular weight is 373 g/mol. The van der Waals surface area contributed by atoms with Crippen LogP contribution in [0, 0.1) is 3.57 Å². The van der Waals surface area contributed by atoms with Crippen LogP contribution in [0.15, 0.2) is 28.8 Å². The van der Waals surface area contributed by atoms with Gasteiger partial charge in [-0.15, -0.1) is 0 Å². The molecule has 0 saturated heterocycles. The Kier molecular flexibility index (Phi) is 5.29. The van der Waals surface area contributed by atoms with E-state index in [4.69, 9.17) is 15.0 Å². The molecule has 102 valence electrons.